The number of thiophene rings is 1. The molecule has 120 valence electrons. The fourth-order valence-corrected chi connectivity index (χ4v) is 7.64. The highest BCUT2D eigenvalue weighted by atomic mass is 79.9. The second-order valence-electron chi connectivity index (χ2n) is 4.79. The van der Waals surface area contributed by atoms with Crippen molar-refractivity contribution in [3.05, 3.63) is 14.7 Å². The summed E-state index contributed by atoms with van der Waals surface area (Å²) in [6, 6.07) is 1.64. The Morgan fingerprint density at radius 1 is 1.38 bits per heavy atom. The zero-order valence-corrected chi connectivity index (χ0v) is 15.5. The van der Waals surface area contributed by atoms with Gasteiger partial charge in [-0.05, 0) is 35.5 Å². The number of hydrogen-bond donors (Lipinski definition) is 1. The molecule has 0 aliphatic carbocycles. The summed E-state index contributed by atoms with van der Waals surface area (Å²) >= 11 is 4.66. The molecule has 1 aliphatic rings. The fourth-order valence-electron chi connectivity index (χ4n) is 2.13. The third-order valence-corrected chi connectivity index (χ3v) is 9.06. The average Bonchev–Trinajstić information content (AvgIpc) is 2.64. The summed E-state index contributed by atoms with van der Waals surface area (Å²) in [6.45, 7) is 0.854. The molecule has 2 rings (SSSR count). The Balaban J connectivity index is 2.29. The van der Waals surface area contributed by atoms with Crippen LogP contribution in [-0.4, -0.2) is 52.8 Å². The van der Waals surface area contributed by atoms with E-state index in [0.717, 1.165) is 4.88 Å². The summed E-state index contributed by atoms with van der Waals surface area (Å²) in [6.07, 6.45) is 0.340. The molecule has 1 saturated heterocycles. The Labute approximate surface area is 137 Å². The first-order valence-electron chi connectivity index (χ1n) is 6.39. The van der Waals surface area contributed by atoms with Crippen molar-refractivity contribution in [2.24, 2.45) is 0 Å². The summed E-state index contributed by atoms with van der Waals surface area (Å²) in [5.41, 5.74) is 0. The summed E-state index contributed by atoms with van der Waals surface area (Å²) in [5, 5.41) is 2.98. The van der Waals surface area contributed by atoms with E-state index in [0.29, 0.717) is 16.8 Å². The molecule has 1 aliphatic heterocycles. The highest BCUT2D eigenvalue weighted by molar-refractivity contribution is 9.11. The van der Waals surface area contributed by atoms with E-state index < -0.39 is 19.9 Å². The van der Waals surface area contributed by atoms with E-state index in [1.54, 1.807) is 13.1 Å². The highest BCUT2D eigenvalue weighted by Gasteiger charge is 2.31. The zero-order chi connectivity index (χ0) is 15.7. The average molecular weight is 417 g/mol. The lowest BCUT2D eigenvalue weighted by Crippen LogP contribution is -2.33. The number of nitrogens with zero attached hydrogens (tertiary/aromatic N) is 1. The predicted octanol–water partition coefficient (Wildman–Crippen LogP) is 1.04. The largest absolute Gasteiger partial charge is 0.315 e. The third kappa shape index (κ3) is 4.05. The summed E-state index contributed by atoms with van der Waals surface area (Å²) < 4.78 is 50.4. The van der Waals surface area contributed by atoms with E-state index in [4.69, 9.17) is 0 Å². The van der Waals surface area contributed by atoms with Crippen LogP contribution in [0.1, 0.15) is 11.3 Å². The zero-order valence-electron chi connectivity index (χ0n) is 11.5. The Bertz CT molecular complexity index is 712. The Morgan fingerprint density at radius 2 is 2.10 bits per heavy atom. The van der Waals surface area contributed by atoms with Crippen LogP contribution in [0.3, 0.4) is 0 Å². The second-order valence-corrected chi connectivity index (χ2v) is 11.5. The van der Waals surface area contributed by atoms with Crippen molar-refractivity contribution in [1.29, 1.82) is 0 Å². The van der Waals surface area contributed by atoms with Gasteiger partial charge in [-0.3, -0.25) is 0 Å². The minimum Gasteiger partial charge on any atom is -0.315 e. The molecule has 1 aromatic rings. The maximum absolute atomic E-state index is 12.7. The molecule has 2 heterocycles. The molecule has 1 aromatic heterocycles. The molecular formula is C11H17BrN2O4S3. The van der Waals surface area contributed by atoms with Crippen molar-refractivity contribution in [3.63, 3.8) is 0 Å². The van der Waals surface area contributed by atoms with Crippen LogP contribution in [-0.2, 0) is 26.4 Å². The molecule has 0 amide bonds. The van der Waals surface area contributed by atoms with Crippen molar-refractivity contribution in [2.75, 3.05) is 31.6 Å². The van der Waals surface area contributed by atoms with Gasteiger partial charge in [0, 0.05) is 24.5 Å². The number of hydrogen-bond acceptors (Lipinski definition) is 6. The van der Waals surface area contributed by atoms with Crippen molar-refractivity contribution >= 4 is 47.1 Å². The van der Waals surface area contributed by atoms with Gasteiger partial charge < -0.3 is 5.32 Å². The molecule has 6 nitrogen and oxygen atoms in total. The van der Waals surface area contributed by atoms with Gasteiger partial charge in [0.2, 0.25) is 10.0 Å². The van der Waals surface area contributed by atoms with Gasteiger partial charge in [0.1, 0.15) is 4.90 Å². The fraction of sp³-hybridized carbons (Fsp3) is 0.636. The topological polar surface area (TPSA) is 83.6 Å². The molecular weight excluding hydrogens is 400 g/mol. The van der Waals surface area contributed by atoms with Crippen molar-refractivity contribution < 1.29 is 16.8 Å². The predicted molar refractivity (Wildman–Crippen MR) is 86.8 cm³/mol. The van der Waals surface area contributed by atoms with Gasteiger partial charge in [0.25, 0.3) is 0 Å². The number of halogens is 1. The van der Waals surface area contributed by atoms with E-state index in [9.17, 15) is 16.8 Å². The monoisotopic (exact) mass is 416 g/mol. The van der Waals surface area contributed by atoms with Crippen molar-refractivity contribution in [2.45, 2.75) is 17.9 Å². The quantitative estimate of drug-likeness (QED) is 0.792. The summed E-state index contributed by atoms with van der Waals surface area (Å²) in [5.74, 6) is -0.0633. The van der Waals surface area contributed by atoms with Crippen LogP contribution in [0.5, 0.6) is 0 Å². The SMILES string of the molecule is CNCc1cc(S(=O)(=O)N2CCCS(=O)(=O)CC2)c(Br)s1. The lowest BCUT2D eigenvalue weighted by molar-refractivity contribution is 0.434. The minimum atomic E-state index is -3.66. The van der Waals surface area contributed by atoms with Crippen LogP contribution in [0, 0.1) is 0 Å². The normalized spacial score (nSPS) is 20.3. The molecule has 0 radical (unpaired) electrons. The van der Waals surface area contributed by atoms with Crippen LogP contribution < -0.4 is 5.32 Å². The minimum absolute atomic E-state index is 0.0221. The number of nitrogens with one attached hydrogen (secondary N) is 1. The molecule has 0 saturated carbocycles. The van der Waals surface area contributed by atoms with Gasteiger partial charge >= 0.3 is 0 Å². The molecule has 10 heteroatoms. The second kappa shape index (κ2) is 6.63. The first kappa shape index (κ1) is 17.4. The molecule has 1 fully saturated rings. The van der Waals surface area contributed by atoms with Gasteiger partial charge in [-0.15, -0.1) is 11.3 Å². The van der Waals surface area contributed by atoms with Gasteiger partial charge in [0.05, 0.1) is 15.3 Å². The van der Waals surface area contributed by atoms with E-state index >= 15 is 0 Å². The number of sulfonamides is 1. The van der Waals surface area contributed by atoms with Crippen molar-refractivity contribution in [3.8, 4) is 0 Å². The first-order chi connectivity index (χ1) is 9.76. The summed E-state index contributed by atoms with van der Waals surface area (Å²) in [7, 11) is -5.00. The molecule has 0 unspecified atom stereocenters. The standard InChI is InChI=1S/C11H17BrN2O4S3/c1-13-8-9-7-10(11(12)19-9)21(17,18)14-3-2-5-20(15,16)6-4-14/h7,13H,2-6,8H2,1H3. The van der Waals surface area contributed by atoms with E-state index in [1.807, 2.05) is 0 Å². The maximum Gasteiger partial charge on any atom is 0.245 e. The third-order valence-electron chi connectivity index (χ3n) is 3.19. The molecule has 21 heavy (non-hydrogen) atoms. The summed E-state index contributed by atoms with van der Waals surface area (Å²) in [4.78, 5) is 1.13. The van der Waals surface area contributed by atoms with Crippen LogP contribution in [0.2, 0.25) is 0 Å². The van der Waals surface area contributed by atoms with Gasteiger partial charge in [-0.1, -0.05) is 0 Å². The van der Waals surface area contributed by atoms with Crippen molar-refractivity contribution in [1.82, 2.24) is 9.62 Å². The molecule has 0 aromatic carbocycles. The lowest BCUT2D eigenvalue weighted by Gasteiger charge is -2.18. The number of rotatable bonds is 4. The Morgan fingerprint density at radius 3 is 2.76 bits per heavy atom. The van der Waals surface area contributed by atoms with E-state index in [-0.39, 0.29) is 29.5 Å². The number of sulfone groups is 1. The molecule has 0 atom stereocenters. The van der Waals surface area contributed by atoms with Crippen LogP contribution in [0.25, 0.3) is 0 Å². The van der Waals surface area contributed by atoms with Crippen LogP contribution in [0.4, 0.5) is 0 Å². The Kier molecular flexibility index (Phi) is 5.48. The smallest absolute Gasteiger partial charge is 0.245 e. The van der Waals surface area contributed by atoms with Gasteiger partial charge in [-0.2, -0.15) is 4.31 Å². The van der Waals surface area contributed by atoms with E-state index in [2.05, 4.69) is 21.2 Å². The maximum atomic E-state index is 12.7. The first-order valence-corrected chi connectivity index (χ1v) is 11.3. The lowest BCUT2D eigenvalue weighted by atomic mass is 10.5. The molecule has 0 bridgehead atoms. The highest BCUT2D eigenvalue weighted by Crippen LogP contribution is 2.33. The van der Waals surface area contributed by atoms with E-state index in [1.165, 1.54) is 15.6 Å². The van der Waals surface area contributed by atoms with Crippen LogP contribution in [0.15, 0.2) is 14.7 Å². The molecule has 0 spiro atoms. The van der Waals surface area contributed by atoms with Gasteiger partial charge in [0.15, 0.2) is 9.84 Å². The van der Waals surface area contributed by atoms with Crippen LogP contribution >= 0.6 is 27.3 Å². The van der Waals surface area contributed by atoms with Gasteiger partial charge in [-0.25, -0.2) is 16.8 Å². The molecule has 1 N–H and O–H groups in total. The Hall–Kier alpha value is -0.000000000000000194.